The Hall–Kier alpha value is -1.33. The van der Waals surface area contributed by atoms with Crippen molar-refractivity contribution in [3.05, 3.63) is 45.8 Å². The van der Waals surface area contributed by atoms with Gasteiger partial charge >= 0.3 is 0 Å². The number of nitrogens with zero attached hydrogens (tertiary/aromatic N) is 1. The van der Waals surface area contributed by atoms with Crippen LogP contribution in [0.25, 0.3) is 0 Å². The predicted molar refractivity (Wildman–Crippen MR) is 81.7 cm³/mol. The fourth-order valence-corrected chi connectivity index (χ4v) is 2.62. The summed E-state index contributed by atoms with van der Waals surface area (Å²) in [6.07, 6.45) is 2.73. The third-order valence-electron chi connectivity index (χ3n) is 2.91. The van der Waals surface area contributed by atoms with Crippen molar-refractivity contribution in [3.8, 4) is 5.75 Å². The van der Waals surface area contributed by atoms with Crippen molar-refractivity contribution in [1.29, 1.82) is 0 Å². The fraction of sp³-hybridized carbons (Fsp3) is 0.400. The second-order valence-corrected chi connectivity index (χ2v) is 5.57. The lowest BCUT2D eigenvalue weighted by atomic mass is 10.1. The Morgan fingerprint density at radius 2 is 2.25 bits per heavy atom. The monoisotopic (exact) mass is 338 g/mol. The summed E-state index contributed by atoms with van der Waals surface area (Å²) in [4.78, 5) is 0. The second kappa shape index (κ2) is 7.45. The number of rotatable bonds is 7. The molecule has 1 aromatic heterocycles. The Morgan fingerprint density at radius 3 is 2.95 bits per heavy atom. The van der Waals surface area contributed by atoms with Gasteiger partial charge < -0.3 is 14.6 Å². The van der Waals surface area contributed by atoms with Crippen LogP contribution in [0, 0.1) is 6.92 Å². The first kappa shape index (κ1) is 15.1. The molecule has 2 aromatic rings. The molecule has 0 aliphatic heterocycles. The van der Waals surface area contributed by atoms with Crippen LogP contribution in [0.15, 0.2) is 33.4 Å². The molecule has 0 amide bonds. The van der Waals surface area contributed by atoms with Gasteiger partial charge in [0.15, 0.2) is 5.76 Å². The molecule has 20 heavy (non-hydrogen) atoms. The number of ether oxygens (including phenoxy) is 1. The highest BCUT2D eigenvalue weighted by molar-refractivity contribution is 9.10. The van der Waals surface area contributed by atoms with Crippen LogP contribution in [0.2, 0.25) is 0 Å². The molecule has 0 spiro atoms. The minimum atomic E-state index is 0.392. The summed E-state index contributed by atoms with van der Waals surface area (Å²) in [7, 11) is 0. The fourth-order valence-electron chi connectivity index (χ4n) is 2.00. The van der Waals surface area contributed by atoms with Crippen LogP contribution in [0.5, 0.6) is 5.75 Å². The van der Waals surface area contributed by atoms with Gasteiger partial charge in [0, 0.05) is 22.6 Å². The van der Waals surface area contributed by atoms with Crippen LogP contribution in [-0.4, -0.2) is 11.7 Å². The van der Waals surface area contributed by atoms with Gasteiger partial charge in [-0.1, -0.05) is 28.0 Å². The SMILES string of the molecule is CCCNCc1cc(Br)cc(C)c1OCc1ccno1. The first-order valence-electron chi connectivity index (χ1n) is 6.72. The largest absolute Gasteiger partial charge is 0.485 e. The third kappa shape index (κ3) is 4.08. The highest BCUT2D eigenvalue weighted by Gasteiger charge is 2.10. The Bertz CT molecular complexity index is 541. The van der Waals surface area contributed by atoms with E-state index in [1.54, 1.807) is 6.20 Å². The molecule has 0 saturated heterocycles. The molecule has 108 valence electrons. The van der Waals surface area contributed by atoms with Crippen molar-refractivity contribution in [3.63, 3.8) is 0 Å². The topological polar surface area (TPSA) is 47.3 Å². The van der Waals surface area contributed by atoms with Crippen LogP contribution < -0.4 is 10.1 Å². The van der Waals surface area contributed by atoms with E-state index in [0.29, 0.717) is 6.61 Å². The van der Waals surface area contributed by atoms with Gasteiger partial charge in [-0.15, -0.1) is 0 Å². The minimum Gasteiger partial charge on any atom is -0.485 e. The van der Waals surface area contributed by atoms with Crippen LogP contribution in [0.3, 0.4) is 0 Å². The number of benzene rings is 1. The highest BCUT2D eigenvalue weighted by Crippen LogP contribution is 2.28. The number of aromatic nitrogens is 1. The Kier molecular flexibility index (Phi) is 5.61. The van der Waals surface area contributed by atoms with Crippen molar-refractivity contribution in [2.75, 3.05) is 6.54 Å². The highest BCUT2D eigenvalue weighted by atomic mass is 79.9. The van der Waals surface area contributed by atoms with Crippen molar-refractivity contribution in [2.45, 2.75) is 33.4 Å². The van der Waals surface area contributed by atoms with E-state index in [1.807, 2.05) is 13.0 Å². The first-order chi connectivity index (χ1) is 9.70. The van der Waals surface area contributed by atoms with E-state index in [2.05, 4.69) is 45.5 Å². The lowest BCUT2D eigenvalue weighted by Gasteiger charge is -2.14. The molecule has 0 aliphatic rings. The third-order valence-corrected chi connectivity index (χ3v) is 3.37. The van der Waals surface area contributed by atoms with Gasteiger partial charge in [-0.05, 0) is 37.6 Å². The Labute approximate surface area is 127 Å². The average molecular weight is 339 g/mol. The molecule has 0 saturated carbocycles. The molecule has 1 aromatic carbocycles. The van der Waals surface area contributed by atoms with Crippen molar-refractivity contribution in [2.24, 2.45) is 0 Å². The lowest BCUT2D eigenvalue weighted by molar-refractivity contribution is 0.245. The van der Waals surface area contributed by atoms with Crippen molar-refractivity contribution < 1.29 is 9.26 Å². The summed E-state index contributed by atoms with van der Waals surface area (Å²) in [5.74, 6) is 1.63. The number of aryl methyl sites for hydroxylation is 1. The molecule has 0 atom stereocenters. The van der Waals surface area contributed by atoms with E-state index < -0.39 is 0 Å². The normalized spacial score (nSPS) is 10.8. The van der Waals surface area contributed by atoms with Gasteiger partial charge in [-0.3, -0.25) is 0 Å². The molecule has 2 rings (SSSR count). The summed E-state index contributed by atoms with van der Waals surface area (Å²) in [6, 6.07) is 5.95. The first-order valence-corrected chi connectivity index (χ1v) is 7.52. The van der Waals surface area contributed by atoms with Crippen LogP contribution in [-0.2, 0) is 13.2 Å². The molecule has 4 nitrogen and oxygen atoms in total. The zero-order valence-corrected chi connectivity index (χ0v) is 13.4. The summed E-state index contributed by atoms with van der Waals surface area (Å²) in [5.41, 5.74) is 2.25. The minimum absolute atomic E-state index is 0.392. The van der Waals surface area contributed by atoms with E-state index in [9.17, 15) is 0 Å². The lowest BCUT2D eigenvalue weighted by Crippen LogP contribution is -2.15. The van der Waals surface area contributed by atoms with E-state index in [4.69, 9.17) is 9.26 Å². The van der Waals surface area contributed by atoms with Gasteiger partial charge in [-0.2, -0.15) is 0 Å². The maximum atomic E-state index is 5.90. The zero-order valence-electron chi connectivity index (χ0n) is 11.8. The molecule has 0 aliphatic carbocycles. The van der Waals surface area contributed by atoms with Crippen LogP contribution in [0.4, 0.5) is 0 Å². The number of hydrogen-bond acceptors (Lipinski definition) is 4. The quantitative estimate of drug-likeness (QED) is 0.779. The van der Waals surface area contributed by atoms with Gasteiger partial charge in [0.05, 0.1) is 6.20 Å². The average Bonchev–Trinajstić information content (AvgIpc) is 2.91. The number of hydrogen-bond donors (Lipinski definition) is 1. The second-order valence-electron chi connectivity index (χ2n) is 4.66. The molecule has 1 heterocycles. The Morgan fingerprint density at radius 1 is 1.40 bits per heavy atom. The molecule has 0 radical (unpaired) electrons. The van der Waals surface area contributed by atoms with E-state index >= 15 is 0 Å². The van der Waals surface area contributed by atoms with Crippen LogP contribution >= 0.6 is 15.9 Å². The standard InChI is InChI=1S/C15H19BrN2O2/c1-3-5-17-9-12-8-13(16)7-11(2)15(12)19-10-14-4-6-18-20-14/h4,6-8,17H,3,5,9-10H2,1-2H3. The maximum absolute atomic E-state index is 5.90. The van der Waals surface area contributed by atoms with Crippen molar-refractivity contribution in [1.82, 2.24) is 10.5 Å². The smallest absolute Gasteiger partial charge is 0.174 e. The molecular formula is C15H19BrN2O2. The molecule has 5 heteroatoms. The van der Waals surface area contributed by atoms with Gasteiger partial charge in [0.2, 0.25) is 0 Å². The van der Waals surface area contributed by atoms with Crippen molar-refractivity contribution >= 4 is 15.9 Å². The Balaban J connectivity index is 2.11. The van der Waals surface area contributed by atoms with E-state index in [1.165, 1.54) is 0 Å². The maximum Gasteiger partial charge on any atom is 0.174 e. The van der Waals surface area contributed by atoms with Gasteiger partial charge in [0.1, 0.15) is 12.4 Å². The number of halogens is 1. The van der Waals surface area contributed by atoms with Gasteiger partial charge in [-0.25, -0.2) is 0 Å². The molecular weight excluding hydrogens is 320 g/mol. The summed E-state index contributed by atoms with van der Waals surface area (Å²) < 4.78 is 12.0. The molecule has 0 bridgehead atoms. The molecule has 0 fully saturated rings. The summed E-state index contributed by atoms with van der Waals surface area (Å²) in [6.45, 7) is 6.38. The molecule has 1 N–H and O–H groups in total. The zero-order chi connectivity index (χ0) is 14.4. The summed E-state index contributed by atoms with van der Waals surface area (Å²) in [5, 5.41) is 7.08. The summed E-state index contributed by atoms with van der Waals surface area (Å²) >= 11 is 3.53. The number of nitrogens with one attached hydrogen (secondary N) is 1. The van der Waals surface area contributed by atoms with Gasteiger partial charge in [0.25, 0.3) is 0 Å². The van der Waals surface area contributed by atoms with E-state index in [0.717, 1.165) is 46.6 Å². The predicted octanol–water partition coefficient (Wildman–Crippen LogP) is 3.82. The molecule has 0 unspecified atom stereocenters. The van der Waals surface area contributed by atoms with Crippen LogP contribution in [0.1, 0.15) is 30.2 Å². The van der Waals surface area contributed by atoms with E-state index in [-0.39, 0.29) is 0 Å².